The molecule has 0 saturated heterocycles. The second-order valence-electron chi connectivity index (χ2n) is 5.27. The van der Waals surface area contributed by atoms with Gasteiger partial charge in [0.1, 0.15) is 5.75 Å². The lowest BCUT2D eigenvalue weighted by atomic mass is 10.0. The fraction of sp³-hybridized carbons (Fsp3) is 0.278. The van der Waals surface area contributed by atoms with Crippen LogP contribution in [-0.4, -0.2) is 18.3 Å². The van der Waals surface area contributed by atoms with E-state index in [4.69, 9.17) is 4.74 Å². The Balaban J connectivity index is 1.50. The molecule has 1 N–H and O–H groups in total. The van der Waals surface area contributed by atoms with Crippen LogP contribution in [0.5, 0.6) is 5.75 Å². The molecule has 0 spiro atoms. The monoisotopic (exact) mass is 313 g/mol. The molecule has 2 aromatic rings. The van der Waals surface area contributed by atoms with Gasteiger partial charge in [0, 0.05) is 17.7 Å². The molecule has 0 radical (unpaired) electrons. The highest BCUT2D eigenvalue weighted by Crippen LogP contribution is 2.31. The third-order valence-electron chi connectivity index (χ3n) is 3.64. The number of carbonyl (C=O) groups excluding carboxylic acids is 1. The number of amides is 1. The quantitative estimate of drug-likeness (QED) is 0.917. The predicted octanol–water partition coefficient (Wildman–Crippen LogP) is 3.56. The van der Waals surface area contributed by atoms with Crippen LogP contribution in [0.15, 0.2) is 54.6 Å². The van der Waals surface area contributed by atoms with Gasteiger partial charge in [-0.05, 0) is 11.6 Å². The van der Waals surface area contributed by atoms with Crippen LogP contribution < -0.4 is 10.1 Å². The number of nitrogens with one attached hydrogen (secondary N) is 1. The van der Waals surface area contributed by atoms with E-state index in [2.05, 4.69) is 17.4 Å². The van der Waals surface area contributed by atoms with Gasteiger partial charge in [0.05, 0.1) is 18.4 Å². The first-order chi connectivity index (χ1) is 10.8. The highest BCUT2D eigenvalue weighted by molar-refractivity contribution is 7.99. The van der Waals surface area contributed by atoms with Crippen molar-refractivity contribution in [2.24, 2.45) is 0 Å². The van der Waals surface area contributed by atoms with E-state index in [0.717, 1.165) is 23.5 Å². The molecule has 3 rings (SSSR count). The summed E-state index contributed by atoms with van der Waals surface area (Å²) < 4.78 is 5.62. The summed E-state index contributed by atoms with van der Waals surface area (Å²) in [6.07, 6.45) is 0.826. The van der Waals surface area contributed by atoms with Crippen molar-refractivity contribution in [3.8, 4) is 5.75 Å². The van der Waals surface area contributed by atoms with Gasteiger partial charge >= 0.3 is 0 Å². The Bertz CT molecular complexity index is 630. The molecule has 114 valence electrons. The van der Waals surface area contributed by atoms with Crippen LogP contribution in [0.2, 0.25) is 0 Å². The molecule has 3 nitrogen and oxygen atoms in total. The maximum atomic E-state index is 12.1. The van der Waals surface area contributed by atoms with Gasteiger partial charge in [-0.3, -0.25) is 4.79 Å². The minimum absolute atomic E-state index is 0.0646. The Morgan fingerprint density at radius 1 is 1.14 bits per heavy atom. The predicted molar refractivity (Wildman–Crippen MR) is 90.0 cm³/mol. The van der Waals surface area contributed by atoms with E-state index in [1.54, 1.807) is 11.8 Å². The summed E-state index contributed by atoms with van der Waals surface area (Å²) in [7, 11) is 0. The van der Waals surface area contributed by atoms with Crippen LogP contribution in [-0.2, 0) is 10.5 Å². The van der Waals surface area contributed by atoms with E-state index >= 15 is 0 Å². The molecule has 1 aliphatic heterocycles. The first-order valence-corrected chi connectivity index (χ1v) is 8.61. The highest BCUT2D eigenvalue weighted by Gasteiger charge is 2.22. The van der Waals surface area contributed by atoms with Crippen molar-refractivity contribution in [2.45, 2.75) is 18.2 Å². The largest absolute Gasteiger partial charge is 0.493 e. The number of carbonyl (C=O) groups is 1. The van der Waals surface area contributed by atoms with Crippen LogP contribution in [0.4, 0.5) is 0 Å². The van der Waals surface area contributed by atoms with E-state index in [9.17, 15) is 4.79 Å². The summed E-state index contributed by atoms with van der Waals surface area (Å²) in [6.45, 7) is 0.652. The molecule has 22 heavy (non-hydrogen) atoms. The van der Waals surface area contributed by atoms with Crippen molar-refractivity contribution in [3.63, 3.8) is 0 Å². The number of hydrogen-bond donors (Lipinski definition) is 1. The van der Waals surface area contributed by atoms with Gasteiger partial charge in [0.25, 0.3) is 0 Å². The SMILES string of the molecule is O=C(CSCc1ccccc1)NC1CCOc2ccccc21. The second kappa shape index (κ2) is 7.36. The van der Waals surface area contributed by atoms with E-state index in [1.807, 2.05) is 42.5 Å². The minimum atomic E-state index is 0.0646. The normalized spacial score (nSPS) is 16.5. The number of rotatable bonds is 5. The Morgan fingerprint density at radius 2 is 1.91 bits per heavy atom. The zero-order valence-electron chi connectivity index (χ0n) is 12.3. The van der Waals surface area contributed by atoms with Crippen molar-refractivity contribution in [2.75, 3.05) is 12.4 Å². The molecule has 1 heterocycles. The fourth-order valence-corrected chi connectivity index (χ4v) is 3.36. The number of thioether (sulfide) groups is 1. The number of hydrogen-bond acceptors (Lipinski definition) is 3. The fourth-order valence-electron chi connectivity index (χ4n) is 2.56. The maximum Gasteiger partial charge on any atom is 0.230 e. The summed E-state index contributed by atoms with van der Waals surface area (Å²) in [4.78, 5) is 12.1. The standard InChI is InChI=1S/C18H19NO2S/c20-18(13-22-12-14-6-2-1-3-7-14)19-16-10-11-21-17-9-5-4-8-15(16)17/h1-9,16H,10-13H2,(H,19,20). The topological polar surface area (TPSA) is 38.3 Å². The average Bonchev–Trinajstić information content (AvgIpc) is 2.56. The molecule has 0 aromatic heterocycles. The van der Waals surface area contributed by atoms with Gasteiger partial charge in [-0.1, -0.05) is 48.5 Å². The summed E-state index contributed by atoms with van der Waals surface area (Å²) >= 11 is 1.64. The molecular formula is C18H19NO2S. The molecular weight excluding hydrogens is 294 g/mol. The lowest BCUT2D eigenvalue weighted by Crippen LogP contribution is -2.33. The lowest BCUT2D eigenvalue weighted by molar-refractivity contribution is -0.119. The molecule has 0 bridgehead atoms. The summed E-state index contributed by atoms with van der Waals surface area (Å²) in [5, 5.41) is 3.12. The number of fused-ring (bicyclic) bond motifs is 1. The molecule has 0 saturated carbocycles. The number of ether oxygens (including phenoxy) is 1. The smallest absolute Gasteiger partial charge is 0.230 e. The first-order valence-electron chi connectivity index (χ1n) is 7.46. The third kappa shape index (κ3) is 3.83. The van der Waals surface area contributed by atoms with Crippen molar-refractivity contribution < 1.29 is 9.53 Å². The number of para-hydroxylation sites is 1. The van der Waals surface area contributed by atoms with Crippen LogP contribution in [0.25, 0.3) is 0 Å². The van der Waals surface area contributed by atoms with Gasteiger partial charge in [0.15, 0.2) is 0 Å². The molecule has 1 aliphatic rings. The molecule has 1 unspecified atom stereocenters. The second-order valence-corrected chi connectivity index (χ2v) is 6.26. The molecule has 0 fully saturated rings. The van der Waals surface area contributed by atoms with Gasteiger partial charge in [-0.25, -0.2) is 0 Å². The average molecular weight is 313 g/mol. The van der Waals surface area contributed by atoms with E-state index in [1.165, 1.54) is 5.56 Å². The first kappa shape index (κ1) is 15.0. The third-order valence-corrected chi connectivity index (χ3v) is 4.64. The summed E-state index contributed by atoms with van der Waals surface area (Å²) in [5.41, 5.74) is 2.33. The molecule has 2 aromatic carbocycles. The lowest BCUT2D eigenvalue weighted by Gasteiger charge is -2.26. The molecule has 4 heteroatoms. The van der Waals surface area contributed by atoms with Crippen molar-refractivity contribution in [1.82, 2.24) is 5.32 Å². The van der Waals surface area contributed by atoms with Gasteiger partial charge in [-0.2, -0.15) is 0 Å². The van der Waals surface area contributed by atoms with Crippen LogP contribution in [0, 0.1) is 0 Å². The Hall–Kier alpha value is -1.94. The van der Waals surface area contributed by atoms with Crippen molar-refractivity contribution in [1.29, 1.82) is 0 Å². The van der Waals surface area contributed by atoms with E-state index < -0.39 is 0 Å². The van der Waals surface area contributed by atoms with Crippen LogP contribution >= 0.6 is 11.8 Å². The number of benzene rings is 2. The zero-order valence-corrected chi connectivity index (χ0v) is 13.1. The van der Waals surface area contributed by atoms with E-state index in [-0.39, 0.29) is 11.9 Å². The maximum absolute atomic E-state index is 12.1. The molecule has 1 amide bonds. The molecule has 0 aliphatic carbocycles. The summed E-state index contributed by atoms with van der Waals surface area (Å²) in [6, 6.07) is 18.2. The van der Waals surface area contributed by atoms with Crippen LogP contribution in [0.3, 0.4) is 0 Å². The Kier molecular flexibility index (Phi) is 5.01. The van der Waals surface area contributed by atoms with Crippen LogP contribution in [0.1, 0.15) is 23.6 Å². The minimum Gasteiger partial charge on any atom is -0.493 e. The Labute approximate surface area is 135 Å². The van der Waals surface area contributed by atoms with Crippen molar-refractivity contribution >= 4 is 17.7 Å². The van der Waals surface area contributed by atoms with Gasteiger partial charge < -0.3 is 10.1 Å². The zero-order chi connectivity index (χ0) is 15.2. The van der Waals surface area contributed by atoms with Gasteiger partial charge in [-0.15, -0.1) is 11.8 Å². The van der Waals surface area contributed by atoms with Gasteiger partial charge in [0.2, 0.25) is 5.91 Å². The van der Waals surface area contributed by atoms with E-state index in [0.29, 0.717) is 12.4 Å². The Morgan fingerprint density at radius 3 is 2.77 bits per heavy atom. The van der Waals surface area contributed by atoms with Crippen molar-refractivity contribution in [3.05, 3.63) is 65.7 Å². The highest BCUT2D eigenvalue weighted by atomic mass is 32.2. The summed E-state index contributed by atoms with van der Waals surface area (Å²) in [5.74, 6) is 2.31. The molecule has 1 atom stereocenters.